The van der Waals surface area contributed by atoms with Crippen molar-refractivity contribution in [3.63, 3.8) is 0 Å². The van der Waals surface area contributed by atoms with Crippen molar-refractivity contribution in [2.24, 2.45) is 5.92 Å². The van der Waals surface area contributed by atoms with Crippen LogP contribution in [0, 0.1) is 5.92 Å². The third kappa shape index (κ3) is 0.691. The predicted molar refractivity (Wildman–Crippen MR) is 35.8 cm³/mol. The van der Waals surface area contributed by atoms with Crippen molar-refractivity contribution < 1.29 is 14.7 Å². The van der Waals surface area contributed by atoms with Gasteiger partial charge in [0.1, 0.15) is 0 Å². The van der Waals surface area contributed by atoms with Gasteiger partial charge in [-0.2, -0.15) is 0 Å². The molecule has 2 N–H and O–H groups in total. The molecule has 2 atom stereocenters. The van der Waals surface area contributed by atoms with Gasteiger partial charge in [0.05, 0.1) is 5.92 Å². The molecule has 4 nitrogen and oxygen atoms in total. The lowest BCUT2D eigenvalue weighted by Crippen LogP contribution is -2.56. The van der Waals surface area contributed by atoms with Crippen LogP contribution < -0.4 is 5.32 Å². The molecule has 1 amide bonds. The first kappa shape index (κ1) is 6.39. The second-order valence-corrected chi connectivity index (χ2v) is 2.79. The van der Waals surface area contributed by atoms with Gasteiger partial charge in [-0.3, -0.25) is 4.79 Å². The summed E-state index contributed by atoms with van der Waals surface area (Å²) >= 11 is 0. The zero-order valence-corrected chi connectivity index (χ0v) is 5.70. The lowest BCUT2D eigenvalue weighted by Gasteiger charge is -2.31. The quantitative estimate of drug-likeness (QED) is 0.500. The van der Waals surface area contributed by atoms with Crippen molar-refractivity contribution in [2.45, 2.75) is 12.5 Å². The number of rotatable bonds is 1. The van der Waals surface area contributed by atoms with Crippen LogP contribution >= 0.6 is 0 Å². The van der Waals surface area contributed by atoms with Gasteiger partial charge in [-0.25, -0.2) is 4.79 Å². The van der Waals surface area contributed by atoms with E-state index >= 15 is 0 Å². The first-order valence-electron chi connectivity index (χ1n) is 3.44. The number of carbonyl (C=O) groups is 2. The Bertz CT molecular complexity index is 269. The average Bonchev–Trinajstić information content (AvgIpc) is 2.25. The molecule has 0 aromatic rings. The lowest BCUT2D eigenvalue weighted by atomic mass is 9.89. The van der Waals surface area contributed by atoms with Crippen LogP contribution in [0.3, 0.4) is 0 Å². The number of amides is 1. The van der Waals surface area contributed by atoms with Crippen LogP contribution in [-0.2, 0) is 9.59 Å². The minimum absolute atomic E-state index is 0.0635. The molecule has 2 unspecified atom stereocenters. The van der Waals surface area contributed by atoms with Crippen LogP contribution in [0.1, 0.15) is 6.42 Å². The normalized spacial score (nSPS) is 33.5. The molecular formula is C7H7NO3. The fourth-order valence-corrected chi connectivity index (χ4v) is 1.60. The summed E-state index contributed by atoms with van der Waals surface area (Å²) < 4.78 is 0. The molecule has 1 heterocycles. The maximum Gasteiger partial charge on any atom is 0.332 e. The summed E-state index contributed by atoms with van der Waals surface area (Å²) in [5, 5.41) is 11.2. The van der Waals surface area contributed by atoms with Gasteiger partial charge in [-0.15, -0.1) is 0 Å². The Balaban J connectivity index is 2.24. The minimum atomic E-state index is -0.965. The average molecular weight is 153 g/mol. The zero-order chi connectivity index (χ0) is 8.01. The molecule has 0 aromatic heterocycles. The predicted octanol–water partition coefficient (Wildman–Crippen LogP) is -0.484. The summed E-state index contributed by atoms with van der Waals surface area (Å²) in [7, 11) is 0. The van der Waals surface area contributed by atoms with E-state index in [1.54, 1.807) is 6.08 Å². The van der Waals surface area contributed by atoms with E-state index in [9.17, 15) is 9.59 Å². The number of carbonyl (C=O) groups excluding carboxylic acids is 1. The molecular weight excluding hydrogens is 146 g/mol. The number of nitrogens with one attached hydrogen (secondary N) is 1. The summed E-state index contributed by atoms with van der Waals surface area (Å²) in [5.74, 6) is -1.49. The summed E-state index contributed by atoms with van der Waals surface area (Å²) in [6.45, 7) is 0. The van der Waals surface area contributed by atoms with E-state index in [1.807, 2.05) is 0 Å². The summed E-state index contributed by atoms with van der Waals surface area (Å²) in [6.07, 6.45) is 2.29. The van der Waals surface area contributed by atoms with Crippen molar-refractivity contribution in [3.8, 4) is 0 Å². The molecule has 0 bridgehead atoms. The maximum absolute atomic E-state index is 10.8. The Kier molecular flexibility index (Phi) is 1.07. The van der Waals surface area contributed by atoms with Gasteiger partial charge in [-0.05, 0) is 6.42 Å². The third-order valence-electron chi connectivity index (χ3n) is 2.19. The van der Waals surface area contributed by atoms with E-state index in [0.717, 1.165) is 0 Å². The lowest BCUT2D eigenvalue weighted by molar-refractivity contribution is -0.139. The molecule has 58 valence electrons. The smallest absolute Gasteiger partial charge is 0.332 e. The van der Waals surface area contributed by atoms with Crippen molar-refractivity contribution in [2.75, 3.05) is 0 Å². The van der Waals surface area contributed by atoms with Crippen LogP contribution in [0.4, 0.5) is 0 Å². The number of fused-ring (bicyclic) bond motifs is 1. The van der Waals surface area contributed by atoms with Crippen LogP contribution in [0.15, 0.2) is 11.6 Å². The van der Waals surface area contributed by atoms with E-state index in [2.05, 4.69) is 5.32 Å². The molecule has 1 fully saturated rings. The highest BCUT2D eigenvalue weighted by molar-refractivity contribution is 6.01. The first-order chi connectivity index (χ1) is 5.20. The Morgan fingerprint density at radius 1 is 1.73 bits per heavy atom. The summed E-state index contributed by atoms with van der Waals surface area (Å²) in [4.78, 5) is 21.3. The van der Waals surface area contributed by atoms with Gasteiger partial charge < -0.3 is 10.4 Å². The zero-order valence-electron chi connectivity index (χ0n) is 5.70. The highest BCUT2D eigenvalue weighted by Gasteiger charge is 2.46. The van der Waals surface area contributed by atoms with Crippen molar-refractivity contribution in [3.05, 3.63) is 11.6 Å². The van der Waals surface area contributed by atoms with Crippen LogP contribution in [0.2, 0.25) is 0 Å². The molecule has 1 aliphatic heterocycles. The number of hydrogen-bond acceptors (Lipinski definition) is 2. The standard InChI is InChI=1S/C7H7NO3/c9-6-5-3(7(10)11)1-2-4(5)8-6/h1,4-5H,2H2,(H,8,9)(H,10,11). The molecule has 11 heavy (non-hydrogen) atoms. The fourth-order valence-electron chi connectivity index (χ4n) is 1.60. The first-order valence-corrected chi connectivity index (χ1v) is 3.44. The number of carboxylic acids is 1. The minimum Gasteiger partial charge on any atom is -0.478 e. The van der Waals surface area contributed by atoms with Gasteiger partial charge in [0, 0.05) is 11.6 Å². The molecule has 0 aromatic carbocycles. The van der Waals surface area contributed by atoms with E-state index in [0.29, 0.717) is 6.42 Å². The van der Waals surface area contributed by atoms with Crippen molar-refractivity contribution >= 4 is 11.9 Å². The number of hydrogen-bond donors (Lipinski definition) is 2. The Labute approximate surface area is 62.9 Å². The SMILES string of the molecule is O=C(O)C1=CCC2NC(=O)C12. The highest BCUT2D eigenvalue weighted by atomic mass is 16.4. The Morgan fingerprint density at radius 2 is 2.45 bits per heavy atom. The summed E-state index contributed by atoms with van der Waals surface area (Å²) in [5.41, 5.74) is 0.263. The number of carboxylic acid groups (broad SMARTS) is 1. The third-order valence-corrected chi connectivity index (χ3v) is 2.19. The molecule has 0 saturated carbocycles. The van der Waals surface area contributed by atoms with Crippen molar-refractivity contribution in [1.29, 1.82) is 0 Å². The molecule has 1 aliphatic carbocycles. The topological polar surface area (TPSA) is 66.4 Å². The molecule has 0 spiro atoms. The molecule has 1 saturated heterocycles. The molecule has 2 rings (SSSR count). The second-order valence-electron chi connectivity index (χ2n) is 2.79. The molecule has 0 radical (unpaired) electrons. The molecule has 2 aliphatic rings. The van der Waals surface area contributed by atoms with E-state index in [4.69, 9.17) is 5.11 Å². The van der Waals surface area contributed by atoms with Crippen LogP contribution in [0.5, 0.6) is 0 Å². The maximum atomic E-state index is 10.8. The highest BCUT2D eigenvalue weighted by Crippen LogP contribution is 2.32. The Morgan fingerprint density at radius 3 is 2.91 bits per heavy atom. The van der Waals surface area contributed by atoms with Crippen LogP contribution in [-0.4, -0.2) is 23.0 Å². The second kappa shape index (κ2) is 1.84. The van der Waals surface area contributed by atoms with E-state index in [1.165, 1.54) is 0 Å². The van der Waals surface area contributed by atoms with E-state index < -0.39 is 5.97 Å². The summed E-state index contributed by atoms with van der Waals surface area (Å²) in [6, 6.07) is 0.0635. The van der Waals surface area contributed by atoms with Gasteiger partial charge in [0.25, 0.3) is 0 Å². The molecule has 4 heteroatoms. The van der Waals surface area contributed by atoms with Gasteiger partial charge >= 0.3 is 5.97 Å². The number of aliphatic carboxylic acids is 1. The fraction of sp³-hybridized carbons (Fsp3) is 0.429. The van der Waals surface area contributed by atoms with E-state index in [-0.39, 0.29) is 23.4 Å². The van der Waals surface area contributed by atoms with Crippen LogP contribution in [0.25, 0.3) is 0 Å². The van der Waals surface area contributed by atoms with Gasteiger partial charge in [0.2, 0.25) is 5.91 Å². The number of β-lactam (4-membered cyclic amide) rings is 1. The largest absolute Gasteiger partial charge is 0.478 e. The Hall–Kier alpha value is -1.32. The van der Waals surface area contributed by atoms with Gasteiger partial charge in [-0.1, -0.05) is 6.08 Å². The van der Waals surface area contributed by atoms with Crippen molar-refractivity contribution in [1.82, 2.24) is 5.32 Å². The monoisotopic (exact) mass is 153 g/mol. The van der Waals surface area contributed by atoms with Gasteiger partial charge in [0.15, 0.2) is 0 Å².